The van der Waals surface area contributed by atoms with E-state index in [0.717, 1.165) is 11.5 Å². The third kappa shape index (κ3) is 2.29. The van der Waals surface area contributed by atoms with E-state index in [1.807, 2.05) is 20.2 Å². The van der Waals surface area contributed by atoms with E-state index in [1.54, 1.807) is 0 Å². The molecule has 14 heavy (non-hydrogen) atoms. The molecule has 0 bridgehead atoms. The molecule has 3 heteroatoms. The molecule has 1 aromatic heterocycles. The van der Waals surface area contributed by atoms with Gasteiger partial charge in [-0.1, -0.05) is 13.8 Å². The van der Waals surface area contributed by atoms with Crippen LogP contribution in [0.4, 0.5) is 0 Å². The number of rotatable bonds is 3. The zero-order chi connectivity index (χ0) is 10.7. The summed E-state index contributed by atoms with van der Waals surface area (Å²) >= 11 is 0. The predicted octanol–water partition coefficient (Wildman–Crippen LogP) is 2.19. The van der Waals surface area contributed by atoms with Crippen molar-refractivity contribution in [3.05, 3.63) is 23.3 Å². The van der Waals surface area contributed by atoms with E-state index in [9.17, 15) is 0 Å². The number of hydrogen-bond donors (Lipinski definition) is 1. The number of nitrogens with one attached hydrogen (secondary N) is 1. The molecular formula is C11H19N3. The molecule has 0 saturated carbocycles. The van der Waals surface area contributed by atoms with Crippen molar-refractivity contribution in [2.45, 2.75) is 39.7 Å². The normalized spacial score (nSPS) is 13.3. The van der Waals surface area contributed by atoms with Gasteiger partial charge in [0.1, 0.15) is 5.82 Å². The zero-order valence-electron chi connectivity index (χ0n) is 9.63. The number of aromatic nitrogens is 2. The first-order chi connectivity index (χ1) is 6.56. The van der Waals surface area contributed by atoms with Crippen LogP contribution in [0.1, 0.15) is 49.8 Å². The summed E-state index contributed by atoms with van der Waals surface area (Å²) in [7, 11) is 1.92. The topological polar surface area (TPSA) is 37.8 Å². The summed E-state index contributed by atoms with van der Waals surface area (Å²) in [6.45, 7) is 8.42. The van der Waals surface area contributed by atoms with E-state index in [4.69, 9.17) is 0 Å². The number of aryl methyl sites for hydroxylation is 1. The van der Waals surface area contributed by atoms with Crippen molar-refractivity contribution in [2.24, 2.45) is 0 Å². The van der Waals surface area contributed by atoms with E-state index in [2.05, 4.69) is 36.1 Å². The Morgan fingerprint density at radius 2 is 1.93 bits per heavy atom. The third-order valence-corrected chi connectivity index (χ3v) is 2.48. The zero-order valence-corrected chi connectivity index (χ0v) is 9.63. The fourth-order valence-electron chi connectivity index (χ4n) is 1.40. The first-order valence-electron chi connectivity index (χ1n) is 5.07. The summed E-state index contributed by atoms with van der Waals surface area (Å²) in [5.74, 6) is 1.36. The Labute approximate surface area is 86.0 Å². The Bertz CT molecular complexity index is 307. The Kier molecular flexibility index (Phi) is 3.58. The van der Waals surface area contributed by atoms with Crippen molar-refractivity contribution >= 4 is 0 Å². The minimum absolute atomic E-state index is 0.218. The van der Waals surface area contributed by atoms with Crippen LogP contribution in [0.3, 0.4) is 0 Å². The second-order valence-corrected chi connectivity index (χ2v) is 3.93. The number of hydrogen-bond acceptors (Lipinski definition) is 3. The molecule has 1 atom stereocenters. The molecule has 0 spiro atoms. The summed E-state index contributed by atoms with van der Waals surface area (Å²) in [6, 6.07) is 0.218. The highest BCUT2D eigenvalue weighted by Gasteiger charge is 2.10. The van der Waals surface area contributed by atoms with Gasteiger partial charge >= 0.3 is 0 Å². The SMILES string of the molecule is CN[C@@H](C)c1ncc(C(C)C)c(C)n1. The summed E-state index contributed by atoms with van der Waals surface area (Å²) < 4.78 is 0. The van der Waals surface area contributed by atoms with Gasteiger partial charge in [-0.2, -0.15) is 0 Å². The van der Waals surface area contributed by atoms with Crippen LogP contribution in [0, 0.1) is 6.92 Å². The fourth-order valence-corrected chi connectivity index (χ4v) is 1.40. The molecule has 0 aliphatic heterocycles. The van der Waals surface area contributed by atoms with Gasteiger partial charge in [0.25, 0.3) is 0 Å². The molecule has 0 unspecified atom stereocenters. The average Bonchev–Trinajstić information content (AvgIpc) is 2.15. The smallest absolute Gasteiger partial charge is 0.145 e. The van der Waals surface area contributed by atoms with E-state index in [1.165, 1.54) is 5.56 Å². The molecule has 0 saturated heterocycles. The van der Waals surface area contributed by atoms with E-state index in [0.29, 0.717) is 5.92 Å². The van der Waals surface area contributed by atoms with Crippen molar-refractivity contribution in [1.82, 2.24) is 15.3 Å². The van der Waals surface area contributed by atoms with Crippen LogP contribution < -0.4 is 5.32 Å². The van der Waals surface area contributed by atoms with Crippen molar-refractivity contribution in [3.8, 4) is 0 Å². The molecule has 1 aromatic rings. The molecule has 0 fully saturated rings. The molecule has 78 valence electrons. The Balaban J connectivity index is 3.00. The molecule has 0 aromatic carbocycles. The molecule has 3 nitrogen and oxygen atoms in total. The number of nitrogens with zero attached hydrogens (tertiary/aromatic N) is 2. The van der Waals surface area contributed by atoms with Crippen LogP contribution >= 0.6 is 0 Å². The summed E-state index contributed by atoms with van der Waals surface area (Å²) in [4.78, 5) is 8.85. The highest BCUT2D eigenvalue weighted by atomic mass is 15.0. The maximum atomic E-state index is 4.49. The summed E-state index contributed by atoms with van der Waals surface area (Å²) in [5.41, 5.74) is 2.32. The van der Waals surface area contributed by atoms with Gasteiger partial charge in [-0.15, -0.1) is 0 Å². The molecule has 1 heterocycles. The maximum Gasteiger partial charge on any atom is 0.145 e. The predicted molar refractivity (Wildman–Crippen MR) is 58.3 cm³/mol. The molecule has 0 aliphatic rings. The van der Waals surface area contributed by atoms with Crippen molar-refractivity contribution in [2.75, 3.05) is 7.05 Å². The molecule has 1 N–H and O–H groups in total. The van der Waals surface area contributed by atoms with Gasteiger partial charge in [0.05, 0.1) is 6.04 Å². The van der Waals surface area contributed by atoms with Crippen LogP contribution in [-0.4, -0.2) is 17.0 Å². The maximum absolute atomic E-state index is 4.49. The van der Waals surface area contributed by atoms with Gasteiger partial charge in [-0.3, -0.25) is 0 Å². The molecule has 1 rings (SSSR count). The van der Waals surface area contributed by atoms with E-state index >= 15 is 0 Å². The first-order valence-corrected chi connectivity index (χ1v) is 5.07. The van der Waals surface area contributed by atoms with E-state index < -0.39 is 0 Å². The highest BCUT2D eigenvalue weighted by molar-refractivity contribution is 5.20. The van der Waals surface area contributed by atoms with Crippen LogP contribution in [0.5, 0.6) is 0 Å². The van der Waals surface area contributed by atoms with Crippen LogP contribution in [-0.2, 0) is 0 Å². The summed E-state index contributed by atoms with van der Waals surface area (Å²) in [5, 5.41) is 3.13. The van der Waals surface area contributed by atoms with Gasteiger partial charge in [-0.05, 0) is 32.4 Å². The van der Waals surface area contributed by atoms with Gasteiger partial charge < -0.3 is 5.32 Å². The Morgan fingerprint density at radius 3 is 2.36 bits per heavy atom. The first kappa shape index (κ1) is 11.1. The molecular weight excluding hydrogens is 174 g/mol. The highest BCUT2D eigenvalue weighted by Crippen LogP contribution is 2.17. The van der Waals surface area contributed by atoms with Crippen molar-refractivity contribution in [3.63, 3.8) is 0 Å². The van der Waals surface area contributed by atoms with E-state index in [-0.39, 0.29) is 6.04 Å². The van der Waals surface area contributed by atoms with Crippen LogP contribution in [0.25, 0.3) is 0 Å². The molecule has 0 aliphatic carbocycles. The van der Waals surface area contributed by atoms with Crippen molar-refractivity contribution in [1.29, 1.82) is 0 Å². The minimum atomic E-state index is 0.218. The quantitative estimate of drug-likeness (QED) is 0.799. The van der Waals surface area contributed by atoms with Crippen molar-refractivity contribution < 1.29 is 0 Å². The van der Waals surface area contributed by atoms with Gasteiger partial charge in [0.15, 0.2) is 0 Å². The lowest BCUT2D eigenvalue weighted by molar-refractivity contribution is 0.604. The minimum Gasteiger partial charge on any atom is -0.311 e. The lowest BCUT2D eigenvalue weighted by Gasteiger charge is -2.13. The van der Waals surface area contributed by atoms with Crippen LogP contribution in [0.15, 0.2) is 6.20 Å². The Morgan fingerprint density at radius 1 is 1.29 bits per heavy atom. The Hall–Kier alpha value is -0.960. The van der Waals surface area contributed by atoms with Gasteiger partial charge in [-0.25, -0.2) is 9.97 Å². The standard InChI is InChI=1S/C11H19N3/c1-7(2)10-6-13-11(9(4)12-5)14-8(10)3/h6-7,9,12H,1-5H3/t9-/m0/s1. The van der Waals surface area contributed by atoms with Crippen LogP contribution in [0.2, 0.25) is 0 Å². The van der Waals surface area contributed by atoms with Gasteiger partial charge in [0, 0.05) is 11.9 Å². The molecule has 0 radical (unpaired) electrons. The third-order valence-electron chi connectivity index (χ3n) is 2.48. The summed E-state index contributed by atoms with van der Waals surface area (Å²) in [6.07, 6.45) is 1.94. The van der Waals surface area contributed by atoms with Gasteiger partial charge in [0.2, 0.25) is 0 Å². The fraction of sp³-hybridized carbons (Fsp3) is 0.636. The lowest BCUT2D eigenvalue weighted by atomic mass is 10.0. The average molecular weight is 193 g/mol. The largest absolute Gasteiger partial charge is 0.311 e. The molecule has 0 amide bonds. The monoisotopic (exact) mass is 193 g/mol. The second-order valence-electron chi connectivity index (χ2n) is 3.93. The lowest BCUT2D eigenvalue weighted by Crippen LogP contribution is -2.16. The second kappa shape index (κ2) is 4.51.